The Morgan fingerprint density at radius 3 is 2.45 bits per heavy atom. The highest BCUT2D eigenvalue weighted by atomic mass is 19.3. The van der Waals surface area contributed by atoms with Crippen LogP contribution >= 0.6 is 0 Å². The highest BCUT2D eigenvalue weighted by Crippen LogP contribution is 2.37. The average molecular weight is 687 g/mol. The molecule has 1 aromatic heterocycles. The number of alkyl halides is 4. The minimum atomic E-state index is -3.17. The average Bonchev–Trinajstić information content (AvgIpc) is 3.52. The molecule has 2 heterocycles. The molecule has 1 aliphatic rings. The van der Waals surface area contributed by atoms with Crippen LogP contribution in [0.5, 0.6) is 5.75 Å². The number of esters is 1. The highest BCUT2D eigenvalue weighted by molar-refractivity contribution is 6.00. The minimum absolute atomic E-state index is 0.0116. The maximum atomic E-state index is 13.6. The summed E-state index contributed by atoms with van der Waals surface area (Å²) in [6, 6.07) is 15.7. The molecule has 0 aliphatic carbocycles. The summed E-state index contributed by atoms with van der Waals surface area (Å²) >= 11 is 0. The molecule has 260 valence electrons. The van der Waals surface area contributed by atoms with Gasteiger partial charge in [-0.05, 0) is 47.9 Å². The number of carboxylic acid groups (broad SMARTS) is 1. The Hall–Kier alpha value is -5.15. The molecule has 0 bridgehead atoms. The molecule has 2 N–H and O–H groups in total. The van der Waals surface area contributed by atoms with E-state index in [1.807, 2.05) is 11.0 Å². The highest BCUT2D eigenvalue weighted by Gasteiger charge is 2.32. The van der Waals surface area contributed by atoms with Gasteiger partial charge in [-0.1, -0.05) is 36.4 Å². The second-order valence-corrected chi connectivity index (χ2v) is 11.4. The number of aryl methyl sites for hydroxylation is 1. The van der Waals surface area contributed by atoms with Crippen LogP contribution in [0.15, 0.2) is 66.9 Å². The van der Waals surface area contributed by atoms with E-state index in [1.54, 1.807) is 42.2 Å². The van der Waals surface area contributed by atoms with Crippen molar-refractivity contribution >= 4 is 34.7 Å². The third kappa shape index (κ3) is 8.29. The molecular weight excluding hydrogens is 652 g/mol. The molecule has 3 aromatic carbocycles. The molecule has 5 rings (SSSR count). The van der Waals surface area contributed by atoms with E-state index in [4.69, 9.17) is 14.2 Å². The van der Waals surface area contributed by atoms with Gasteiger partial charge in [0.15, 0.2) is 0 Å². The Morgan fingerprint density at radius 1 is 1.02 bits per heavy atom. The smallest absolute Gasteiger partial charge is 0.416 e. The van der Waals surface area contributed by atoms with Gasteiger partial charge in [-0.15, -0.1) is 0 Å². The molecule has 0 spiro atoms. The van der Waals surface area contributed by atoms with Crippen LogP contribution in [0.4, 0.5) is 32.8 Å². The van der Waals surface area contributed by atoms with Gasteiger partial charge < -0.3 is 19.3 Å². The fraction of sp³-hybridized carbons (Fsp3) is 0.324. The van der Waals surface area contributed by atoms with Crippen LogP contribution in [0.3, 0.4) is 0 Å². The normalized spacial score (nSPS) is 15.5. The standard InChI is InChI=1S/C34H34F4N4O7/c1-20-14-28(49-32(37)38)25(23-10-11-42(30(20)23)34(45)46)16-41-13-12-40(18-29(35)36)17-27(41)22-8-9-24(31(43)47-2)26(15-22)39-33(44)48-19-21-6-4-3-5-7-21/h3-11,14-15,27,29,32H,12-13,16-19H2,1-2H3,(H,39,44)(H,45,46). The quantitative estimate of drug-likeness (QED) is 0.131. The molecule has 1 aliphatic heterocycles. The van der Waals surface area contributed by atoms with Crippen LogP contribution in [0.25, 0.3) is 10.9 Å². The van der Waals surface area contributed by atoms with Gasteiger partial charge >= 0.3 is 24.8 Å². The van der Waals surface area contributed by atoms with Crippen LogP contribution in [-0.2, 0) is 22.6 Å². The van der Waals surface area contributed by atoms with Crippen LogP contribution < -0.4 is 10.1 Å². The van der Waals surface area contributed by atoms with Crippen LogP contribution in [0.1, 0.15) is 38.7 Å². The number of hydrogen-bond donors (Lipinski definition) is 2. The summed E-state index contributed by atoms with van der Waals surface area (Å²) in [6.45, 7) is -1.68. The van der Waals surface area contributed by atoms with E-state index in [0.29, 0.717) is 22.0 Å². The Bertz CT molecular complexity index is 1820. The van der Waals surface area contributed by atoms with E-state index in [-0.39, 0.29) is 55.3 Å². The van der Waals surface area contributed by atoms with Gasteiger partial charge in [0.05, 0.1) is 30.4 Å². The summed E-state index contributed by atoms with van der Waals surface area (Å²) in [5.74, 6) is -0.898. The largest absolute Gasteiger partial charge is 0.465 e. The first-order valence-electron chi connectivity index (χ1n) is 15.2. The topological polar surface area (TPSA) is 123 Å². The molecule has 15 heteroatoms. The number of aromatic nitrogens is 1. The van der Waals surface area contributed by atoms with Crippen molar-refractivity contribution in [3.05, 3.63) is 94.7 Å². The number of carbonyl (C=O) groups excluding carboxylic acids is 2. The van der Waals surface area contributed by atoms with Gasteiger partial charge in [0, 0.05) is 49.4 Å². The van der Waals surface area contributed by atoms with Gasteiger partial charge in [-0.3, -0.25) is 19.7 Å². The lowest BCUT2D eigenvalue weighted by Crippen LogP contribution is -2.49. The fourth-order valence-electron chi connectivity index (χ4n) is 6.06. The number of rotatable bonds is 11. The molecule has 4 aromatic rings. The number of carbonyl (C=O) groups is 3. The fourth-order valence-corrected chi connectivity index (χ4v) is 6.06. The van der Waals surface area contributed by atoms with Crippen molar-refractivity contribution in [2.75, 3.05) is 38.6 Å². The number of anilines is 1. The Labute approximate surface area is 278 Å². The molecule has 0 radical (unpaired) electrons. The number of hydrogen-bond acceptors (Lipinski definition) is 8. The maximum absolute atomic E-state index is 13.6. The van der Waals surface area contributed by atoms with E-state index in [1.165, 1.54) is 37.6 Å². The van der Waals surface area contributed by atoms with Gasteiger partial charge in [0.1, 0.15) is 12.4 Å². The molecule has 11 nitrogen and oxygen atoms in total. The van der Waals surface area contributed by atoms with Crippen LogP contribution in [-0.4, -0.2) is 84.0 Å². The van der Waals surface area contributed by atoms with Crippen molar-refractivity contribution in [1.82, 2.24) is 14.4 Å². The lowest BCUT2D eigenvalue weighted by atomic mass is 9.97. The first kappa shape index (κ1) is 35.2. The zero-order chi connectivity index (χ0) is 35.2. The number of amides is 1. The number of fused-ring (bicyclic) bond motifs is 1. The second kappa shape index (κ2) is 15.4. The number of piperazine rings is 1. The summed E-state index contributed by atoms with van der Waals surface area (Å²) in [5, 5.41) is 12.7. The summed E-state index contributed by atoms with van der Waals surface area (Å²) in [4.78, 5) is 40.9. The SMILES string of the molecule is COC(=O)c1ccc(C2CN(CC(F)F)CCN2Cc2c(OC(F)F)cc(C)c3c2ccn3C(=O)O)cc1NC(=O)OCc1ccccc1. The number of methoxy groups -OCH3 is 1. The molecule has 1 atom stereocenters. The summed E-state index contributed by atoms with van der Waals surface area (Å²) in [5.41, 5.74) is 2.27. The minimum Gasteiger partial charge on any atom is -0.465 e. The number of ether oxygens (including phenoxy) is 3. The predicted octanol–water partition coefficient (Wildman–Crippen LogP) is 6.74. The van der Waals surface area contributed by atoms with Crippen molar-refractivity contribution in [2.45, 2.75) is 39.2 Å². The van der Waals surface area contributed by atoms with Crippen molar-refractivity contribution < 1.29 is 51.3 Å². The summed E-state index contributed by atoms with van der Waals surface area (Å²) in [7, 11) is 1.18. The monoisotopic (exact) mass is 686 g/mol. The summed E-state index contributed by atoms with van der Waals surface area (Å²) < 4.78 is 70.4. The number of nitrogens with one attached hydrogen (secondary N) is 1. The van der Waals surface area contributed by atoms with E-state index < -0.39 is 43.8 Å². The van der Waals surface area contributed by atoms with E-state index in [0.717, 1.165) is 10.1 Å². The van der Waals surface area contributed by atoms with Gasteiger partial charge in [-0.25, -0.2) is 23.2 Å². The van der Waals surface area contributed by atoms with Crippen molar-refractivity contribution in [3.63, 3.8) is 0 Å². The number of benzene rings is 3. The van der Waals surface area contributed by atoms with Crippen molar-refractivity contribution in [3.8, 4) is 5.75 Å². The van der Waals surface area contributed by atoms with Crippen molar-refractivity contribution in [2.24, 2.45) is 0 Å². The number of nitrogens with zero attached hydrogens (tertiary/aromatic N) is 3. The Balaban J connectivity index is 1.52. The Morgan fingerprint density at radius 2 is 1.78 bits per heavy atom. The van der Waals surface area contributed by atoms with Gasteiger partial charge in [0.25, 0.3) is 6.43 Å². The van der Waals surface area contributed by atoms with E-state index >= 15 is 0 Å². The van der Waals surface area contributed by atoms with Gasteiger partial charge in [-0.2, -0.15) is 8.78 Å². The van der Waals surface area contributed by atoms with E-state index in [9.17, 15) is 37.1 Å². The Kier molecular flexibility index (Phi) is 11.0. The number of halogens is 4. The zero-order valence-electron chi connectivity index (χ0n) is 26.6. The second-order valence-electron chi connectivity index (χ2n) is 11.4. The lowest BCUT2D eigenvalue weighted by molar-refractivity contribution is -0.0510. The van der Waals surface area contributed by atoms with E-state index in [2.05, 4.69) is 5.32 Å². The molecule has 1 amide bonds. The summed E-state index contributed by atoms with van der Waals surface area (Å²) in [6.07, 6.45) is -3.43. The molecule has 1 fully saturated rings. The molecule has 49 heavy (non-hydrogen) atoms. The first-order valence-corrected chi connectivity index (χ1v) is 15.2. The molecule has 1 unspecified atom stereocenters. The third-order valence-electron chi connectivity index (χ3n) is 8.27. The van der Waals surface area contributed by atoms with Crippen molar-refractivity contribution in [1.29, 1.82) is 0 Å². The first-order chi connectivity index (χ1) is 23.4. The van der Waals surface area contributed by atoms with Gasteiger partial charge in [0.2, 0.25) is 0 Å². The molecule has 1 saturated heterocycles. The maximum Gasteiger partial charge on any atom is 0.416 e. The van der Waals surface area contributed by atoms with Crippen LogP contribution in [0.2, 0.25) is 0 Å². The molecule has 0 saturated carbocycles. The zero-order valence-corrected chi connectivity index (χ0v) is 26.6. The predicted molar refractivity (Wildman–Crippen MR) is 170 cm³/mol. The lowest BCUT2D eigenvalue weighted by Gasteiger charge is -2.42. The molecular formula is C34H34F4N4O7. The van der Waals surface area contributed by atoms with Crippen LogP contribution in [0, 0.1) is 6.92 Å². The third-order valence-corrected chi connectivity index (χ3v) is 8.27.